The highest BCUT2D eigenvalue weighted by Gasteiger charge is 2.39. The molecule has 0 bridgehead atoms. The number of aryl methyl sites for hydroxylation is 1. The SMILES string of the molecule is CCCCc1ccc(-c2ccc3c(c2)CC(C)(C)[C@H]3NC(=O)O)cc1. The number of carbonyl (C=O) groups is 1. The highest BCUT2D eigenvalue weighted by Crippen LogP contribution is 2.46. The first-order chi connectivity index (χ1) is 11.9. The second kappa shape index (κ2) is 6.91. The molecule has 1 aliphatic rings. The van der Waals surface area contributed by atoms with E-state index in [0.717, 1.165) is 18.4 Å². The van der Waals surface area contributed by atoms with Crippen molar-refractivity contribution in [3.8, 4) is 11.1 Å². The Labute approximate surface area is 150 Å². The molecule has 1 amide bonds. The summed E-state index contributed by atoms with van der Waals surface area (Å²) in [6, 6.07) is 15.1. The maximum absolute atomic E-state index is 11.1. The van der Waals surface area contributed by atoms with E-state index in [1.165, 1.54) is 35.1 Å². The van der Waals surface area contributed by atoms with Gasteiger partial charge in [-0.05, 0) is 52.5 Å². The van der Waals surface area contributed by atoms with Gasteiger partial charge in [-0.1, -0.05) is 69.7 Å². The van der Waals surface area contributed by atoms with E-state index in [0.29, 0.717) is 0 Å². The van der Waals surface area contributed by atoms with Gasteiger partial charge in [0.05, 0.1) is 6.04 Å². The second-order valence-corrected chi connectivity index (χ2v) is 7.76. The van der Waals surface area contributed by atoms with Crippen LogP contribution in [0.1, 0.15) is 56.3 Å². The van der Waals surface area contributed by atoms with Crippen molar-refractivity contribution < 1.29 is 9.90 Å². The van der Waals surface area contributed by atoms with Crippen LogP contribution in [0.3, 0.4) is 0 Å². The van der Waals surface area contributed by atoms with Crippen molar-refractivity contribution in [1.82, 2.24) is 5.32 Å². The van der Waals surface area contributed by atoms with E-state index in [9.17, 15) is 4.79 Å². The van der Waals surface area contributed by atoms with Gasteiger partial charge < -0.3 is 10.4 Å². The molecular weight excluding hydrogens is 310 g/mol. The Bertz CT molecular complexity index is 762. The van der Waals surface area contributed by atoms with Crippen LogP contribution in [0.2, 0.25) is 0 Å². The number of rotatable bonds is 5. The molecule has 2 aromatic rings. The van der Waals surface area contributed by atoms with Gasteiger partial charge in [0.1, 0.15) is 0 Å². The van der Waals surface area contributed by atoms with Crippen LogP contribution in [0, 0.1) is 5.41 Å². The Morgan fingerprint density at radius 2 is 1.84 bits per heavy atom. The predicted octanol–water partition coefficient (Wildman–Crippen LogP) is 5.59. The molecule has 1 atom stereocenters. The fourth-order valence-corrected chi connectivity index (χ4v) is 3.88. The quantitative estimate of drug-likeness (QED) is 0.747. The number of unbranched alkanes of at least 4 members (excludes halogenated alkanes) is 1. The molecule has 0 aliphatic heterocycles. The average molecular weight is 337 g/mol. The van der Waals surface area contributed by atoms with Crippen LogP contribution in [0.25, 0.3) is 11.1 Å². The largest absolute Gasteiger partial charge is 0.465 e. The van der Waals surface area contributed by atoms with E-state index in [-0.39, 0.29) is 11.5 Å². The summed E-state index contributed by atoms with van der Waals surface area (Å²) in [6.45, 7) is 6.46. The lowest BCUT2D eigenvalue weighted by molar-refractivity contribution is 0.175. The first-order valence-corrected chi connectivity index (χ1v) is 9.12. The van der Waals surface area contributed by atoms with Gasteiger partial charge >= 0.3 is 6.09 Å². The van der Waals surface area contributed by atoms with Crippen LogP contribution in [0.5, 0.6) is 0 Å². The zero-order chi connectivity index (χ0) is 18.0. The maximum Gasteiger partial charge on any atom is 0.405 e. The Morgan fingerprint density at radius 1 is 1.16 bits per heavy atom. The van der Waals surface area contributed by atoms with Gasteiger partial charge in [-0.15, -0.1) is 0 Å². The Balaban J connectivity index is 1.86. The van der Waals surface area contributed by atoms with Crippen LogP contribution in [0.4, 0.5) is 4.79 Å². The molecule has 0 saturated heterocycles. The lowest BCUT2D eigenvalue weighted by atomic mass is 9.85. The summed E-state index contributed by atoms with van der Waals surface area (Å²) < 4.78 is 0. The van der Waals surface area contributed by atoms with Crippen molar-refractivity contribution in [3.63, 3.8) is 0 Å². The number of hydrogen-bond donors (Lipinski definition) is 2. The molecule has 0 fully saturated rings. The van der Waals surface area contributed by atoms with E-state index in [4.69, 9.17) is 5.11 Å². The summed E-state index contributed by atoms with van der Waals surface area (Å²) in [5, 5.41) is 11.8. The van der Waals surface area contributed by atoms with Crippen molar-refractivity contribution in [2.45, 2.75) is 52.5 Å². The van der Waals surface area contributed by atoms with Crippen LogP contribution in [-0.2, 0) is 12.8 Å². The molecule has 0 unspecified atom stereocenters. The van der Waals surface area contributed by atoms with Crippen molar-refractivity contribution in [1.29, 1.82) is 0 Å². The van der Waals surface area contributed by atoms with Gasteiger partial charge in [0.15, 0.2) is 0 Å². The average Bonchev–Trinajstić information content (AvgIpc) is 2.82. The van der Waals surface area contributed by atoms with Crippen molar-refractivity contribution in [3.05, 3.63) is 59.2 Å². The molecule has 3 nitrogen and oxygen atoms in total. The third-order valence-corrected chi connectivity index (χ3v) is 5.26. The van der Waals surface area contributed by atoms with Crippen molar-refractivity contribution >= 4 is 6.09 Å². The zero-order valence-electron chi connectivity index (χ0n) is 15.3. The molecule has 0 radical (unpaired) electrons. The fourth-order valence-electron chi connectivity index (χ4n) is 3.88. The Hall–Kier alpha value is -2.29. The summed E-state index contributed by atoms with van der Waals surface area (Å²) in [5.74, 6) is 0. The summed E-state index contributed by atoms with van der Waals surface area (Å²) in [5.41, 5.74) is 6.05. The topological polar surface area (TPSA) is 49.3 Å². The van der Waals surface area contributed by atoms with Gasteiger partial charge in [0.25, 0.3) is 0 Å². The highest BCUT2D eigenvalue weighted by molar-refractivity contribution is 5.68. The maximum atomic E-state index is 11.1. The van der Waals surface area contributed by atoms with Crippen LogP contribution >= 0.6 is 0 Å². The number of carboxylic acid groups (broad SMARTS) is 1. The minimum absolute atomic E-state index is 0.108. The number of benzene rings is 2. The van der Waals surface area contributed by atoms with Crippen LogP contribution in [-0.4, -0.2) is 11.2 Å². The van der Waals surface area contributed by atoms with E-state index < -0.39 is 6.09 Å². The lowest BCUT2D eigenvalue weighted by Crippen LogP contribution is -2.34. The molecule has 0 spiro atoms. The second-order valence-electron chi connectivity index (χ2n) is 7.76. The highest BCUT2D eigenvalue weighted by atomic mass is 16.4. The first-order valence-electron chi connectivity index (χ1n) is 9.12. The number of fused-ring (bicyclic) bond motifs is 1. The van der Waals surface area contributed by atoms with Gasteiger partial charge in [-0.2, -0.15) is 0 Å². The summed E-state index contributed by atoms with van der Waals surface area (Å²) in [6.07, 6.45) is 3.50. The van der Waals surface area contributed by atoms with Gasteiger partial charge in [-0.3, -0.25) is 0 Å². The third kappa shape index (κ3) is 3.71. The number of nitrogens with one attached hydrogen (secondary N) is 1. The molecule has 2 N–H and O–H groups in total. The van der Waals surface area contributed by atoms with Gasteiger partial charge in [-0.25, -0.2) is 4.79 Å². The van der Waals surface area contributed by atoms with Crippen LogP contribution in [0.15, 0.2) is 42.5 Å². The van der Waals surface area contributed by atoms with E-state index in [2.05, 4.69) is 68.6 Å². The standard InChI is InChI=1S/C22H27NO2/c1-4-5-6-15-7-9-16(10-8-15)17-11-12-19-18(13-17)14-22(2,3)20(19)23-21(24)25/h7-13,20,23H,4-6,14H2,1-3H3,(H,24,25)/t20-/m0/s1. The Kier molecular flexibility index (Phi) is 4.85. The fraction of sp³-hybridized carbons (Fsp3) is 0.409. The zero-order valence-corrected chi connectivity index (χ0v) is 15.3. The molecule has 25 heavy (non-hydrogen) atoms. The number of amides is 1. The molecule has 0 aromatic heterocycles. The molecule has 3 rings (SSSR count). The summed E-state index contributed by atoms with van der Waals surface area (Å²) in [7, 11) is 0. The van der Waals surface area contributed by atoms with Crippen molar-refractivity contribution in [2.75, 3.05) is 0 Å². The third-order valence-electron chi connectivity index (χ3n) is 5.26. The molecule has 3 heteroatoms. The van der Waals surface area contributed by atoms with E-state index in [1.54, 1.807) is 0 Å². The number of hydrogen-bond acceptors (Lipinski definition) is 1. The first kappa shape index (κ1) is 17.5. The molecule has 0 saturated carbocycles. The lowest BCUT2D eigenvalue weighted by Gasteiger charge is -2.27. The van der Waals surface area contributed by atoms with Gasteiger partial charge in [0, 0.05) is 0 Å². The van der Waals surface area contributed by atoms with Gasteiger partial charge in [0.2, 0.25) is 0 Å². The van der Waals surface area contributed by atoms with E-state index >= 15 is 0 Å². The smallest absolute Gasteiger partial charge is 0.405 e. The molecule has 2 aromatic carbocycles. The summed E-state index contributed by atoms with van der Waals surface area (Å²) >= 11 is 0. The van der Waals surface area contributed by atoms with E-state index in [1.807, 2.05) is 0 Å². The molecule has 132 valence electrons. The minimum Gasteiger partial charge on any atom is -0.465 e. The monoisotopic (exact) mass is 337 g/mol. The predicted molar refractivity (Wildman–Crippen MR) is 102 cm³/mol. The van der Waals surface area contributed by atoms with Crippen molar-refractivity contribution in [2.24, 2.45) is 5.41 Å². The minimum atomic E-state index is -0.960. The molecular formula is C22H27NO2. The Morgan fingerprint density at radius 3 is 2.48 bits per heavy atom. The molecule has 1 aliphatic carbocycles. The van der Waals surface area contributed by atoms with Crippen LogP contribution < -0.4 is 5.32 Å². The summed E-state index contributed by atoms with van der Waals surface area (Å²) in [4.78, 5) is 11.1. The normalized spacial score (nSPS) is 18.0. The molecule has 0 heterocycles.